The maximum atomic E-state index is 15.0. The van der Waals surface area contributed by atoms with Gasteiger partial charge in [0.2, 0.25) is 5.91 Å². The van der Waals surface area contributed by atoms with Crippen LogP contribution in [0, 0.1) is 28.9 Å². The van der Waals surface area contributed by atoms with E-state index in [0.29, 0.717) is 36.9 Å². The molecule has 1 atom stereocenters. The molecule has 1 N–H and O–H groups in total. The van der Waals surface area contributed by atoms with Gasteiger partial charge in [0.05, 0.1) is 5.56 Å². The maximum Gasteiger partial charge on any atom is 0.231 e. The predicted molar refractivity (Wildman–Crippen MR) is 102 cm³/mol. The molecule has 0 saturated carbocycles. The SMILES string of the molecule is N#Cc1ccc(C[C@H]2CCCN(c3n[nH]c(-c4ccncc4)c3F)C2=O)cc1F. The monoisotopic (exact) mass is 393 g/mol. The highest BCUT2D eigenvalue weighted by Gasteiger charge is 2.33. The molecule has 8 heteroatoms. The predicted octanol–water partition coefficient (Wildman–Crippen LogP) is 3.61. The summed E-state index contributed by atoms with van der Waals surface area (Å²) in [4.78, 5) is 18.2. The summed E-state index contributed by atoms with van der Waals surface area (Å²) in [5.41, 5.74) is 1.38. The number of carbonyl (C=O) groups is 1. The molecule has 1 aliphatic heterocycles. The van der Waals surface area contributed by atoms with Crippen LogP contribution in [-0.2, 0) is 11.2 Å². The zero-order valence-electron chi connectivity index (χ0n) is 15.4. The van der Waals surface area contributed by atoms with Crippen molar-refractivity contribution in [1.29, 1.82) is 5.26 Å². The fourth-order valence-electron chi connectivity index (χ4n) is 3.62. The normalized spacial score (nSPS) is 16.7. The fourth-order valence-corrected chi connectivity index (χ4v) is 3.62. The van der Waals surface area contributed by atoms with Crippen molar-refractivity contribution in [3.05, 3.63) is 65.5 Å². The second-order valence-corrected chi connectivity index (χ2v) is 6.93. The van der Waals surface area contributed by atoms with Gasteiger partial charge in [-0.25, -0.2) is 8.78 Å². The third-order valence-electron chi connectivity index (χ3n) is 5.10. The molecule has 4 rings (SSSR count). The molecular formula is C21H17F2N5O. The molecule has 0 spiro atoms. The van der Waals surface area contributed by atoms with Crippen molar-refractivity contribution in [2.75, 3.05) is 11.4 Å². The molecule has 146 valence electrons. The highest BCUT2D eigenvalue weighted by Crippen LogP contribution is 2.31. The quantitative estimate of drug-likeness (QED) is 0.734. The van der Waals surface area contributed by atoms with Gasteiger partial charge < -0.3 is 0 Å². The lowest BCUT2D eigenvalue weighted by atomic mass is 9.90. The largest absolute Gasteiger partial charge is 0.293 e. The van der Waals surface area contributed by atoms with E-state index in [0.717, 1.165) is 0 Å². The summed E-state index contributed by atoms with van der Waals surface area (Å²) in [5.74, 6) is -1.87. The number of halogens is 2. The van der Waals surface area contributed by atoms with Crippen molar-refractivity contribution >= 4 is 11.7 Å². The summed E-state index contributed by atoms with van der Waals surface area (Å²) in [6.45, 7) is 0.370. The Labute approximate surface area is 165 Å². The Morgan fingerprint density at radius 3 is 2.76 bits per heavy atom. The molecule has 6 nitrogen and oxygen atoms in total. The van der Waals surface area contributed by atoms with Crippen LogP contribution in [-0.4, -0.2) is 27.6 Å². The Kier molecular flexibility index (Phi) is 5.04. The Balaban J connectivity index is 1.56. The summed E-state index contributed by atoms with van der Waals surface area (Å²) in [5, 5.41) is 15.5. The molecule has 3 aromatic rings. The minimum absolute atomic E-state index is 0.0301. The first-order valence-electron chi connectivity index (χ1n) is 9.22. The van der Waals surface area contributed by atoms with Gasteiger partial charge in [-0.15, -0.1) is 0 Å². The minimum Gasteiger partial charge on any atom is -0.293 e. The van der Waals surface area contributed by atoms with Crippen LogP contribution in [0.4, 0.5) is 14.6 Å². The summed E-state index contributed by atoms with van der Waals surface area (Å²) in [7, 11) is 0. The number of carbonyl (C=O) groups excluding carboxylic acids is 1. The molecule has 29 heavy (non-hydrogen) atoms. The minimum atomic E-state index is -0.606. The van der Waals surface area contributed by atoms with E-state index >= 15 is 0 Å². The van der Waals surface area contributed by atoms with Crippen molar-refractivity contribution < 1.29 is 13.6 Å². The second kappa shape index (κ2) is 7.80. The average Bonchev–Trinajstić information content (AvgIpc) is 3.11. The number of aromatic nitrogens is 3. The number of hydrogen-bond donors (Lipinski definition) is 1. The highest BCUT2D eigenvalue weighted by atomic mass is 19.1. The van der Waals surface area contributed by atoms with Gasteiger partial charge in [0.25, 0.3) is 0 Å². The van der Waals surface area contributed by atoms with Crippen molar-refractivity contribution in [3.63, 3.8) is 0 Å². The van der Waals surface area contributed by atoms with Crippen molar-refractivity contribution in [1.82, 2.24) is 15.2 Å². The van der Waals surface area contributed by atoms with Crippen LogP contribution in [0.3, 0.4) is 0 Å². The number of hydrogen-bond acceptors (Lipinski definition) is 4. The van der Waals surface area contributed by atoms with Gasteiger partial charge in [-0.3, -0.25) is 19.8 Å². The van der Waals surface area contributed by atoms with Crippen LogP contribution in [0.2, 0.25) is 0 Å². The number of nitriles is 1. The summed E-state index contributed by atoms with van der Waals surface area (Å²) in [6.07, 6.45) is 4.73. The molecule has 2 aromatic heterocycles. The van der Waals surface area contributed by atoms with E-state index in [1.807, 2.05) is 0 Å². The van der Waals surface area contributed by atoms with Gasteiger partial charge in [0.15, 0.2) is 11.6 Å². The van der Waals surface area contributed by atoms with E-state index in [4.69, 9.17) is 5.26 Å². The smallest absolute Gasteiger partial charge is 0.231 e. The first-order valence-corrected chi connectivity index (χ1v) is 9.22. The van der Waals surface area contributed by atoms with Gasteiger partial charge in [0.1, 0.15) is 17.6 Å². The summed E-state index contributed by atoms with van der Waals surface area (Å²) < 4.78 is 28.9. The molecule has 1 amide bonds. The molecule has 1 aliphatic rings. The molecule has 0 bridgehead atoms. The molecule has 1 fully saturated rings. The van der Waals surface area contributed by atoms with Crippen LogP contribution in [0.25, 0.3) is 11.3 Å². The van der Waals surface area contributed by atoms with Gasteiger partial charge >= 0.3 is 0 Å². The van der Waals surface area contributed by atoms with Gasteiger partial charge in [-0.05, 0) is 49.1 Å². The van der Waals surface area contributed by atoms with Crippen LogP contribution in [0.15, 0.2) is 42.7 Å². The van der Waals surface area contributed by atoms with Gasteiger partial charge in [-0.1, -0.05) is 6.07 Å². The van der Waals surface area contributed by atoms with E-state index in [1.165, 1.54) is 17.0 Å². The lowest BCUT2D eigenvalue weighted by molar-refractivity contribution is -0.123. The Hall–Kier alpha value is -3.60. The van der Waals surface area contributed by atoms with E-state index < -0.39 is 17.6 Å². The summed E-state index contributed by atoms with van der Waals surface area (Å²) in [6, 6.07) is 9.41. The van der Waals surface area contributed by atoms with Gasteiger partial charge in [-0.2, -0.15) is 10.4 Å². The zero-order valence-corrected chi connectivity index (χ0v) is 15.4. The number of anilines is 1. The molecule has 0 unspecified atom stereocenters. The van der Waals surface area contributed by atoms with Gasteiger partial charge in [0, 0.05) is 30.4 Å². The molecule has 0 radical (unpaired) electrons. The zero-order chi connectivity index (χ0) is 20.4. The number of benzene rings is 1. The van der Waals surface area contributed by atoms with Crippen LogP contribution >= 0.6 is 0 Å². The lowest BCUT2D eigenvalue weighted by Crippen LogP contribution is -2.42. The van der Waals surface area contributed by atoms with Crippen LogP contribution in [0.5, 0.6) is 0 Å². The molecule has 3 heterocycles. The highest BCUT2D eigenvalue weighted by molar-refractivity contribution is 5.95. The number of piperidine rings is 1. The lowest BCUT2D eigenvalue weighted by Gasteiger charge is -2.30. The standard InChI is InChI=1S/C21H17F2N5O/c22-17-11-13(3-4-16(17)12-24)10-15-2-1-9-28(21(15)29)20-18(23)19(26-27-20)14-5-7-25-8-6-14/h3-8,11,15H,1-2,9-10H2,(H,26,27)/t15-/m1/s1. The number of H-pyrrole nitrogens is 1. The summed E-state index contributed by atoms with van der Waals surface area (Å²) >= 11 is 0. The Bertz CT molecular complexity index is 1090. The number of nitrogens with zero attached hydrogens (tertiary/aromatic N) is 4. The Morgan fingerprint density at radius 1 is 1.24 bits per heavy atom. The molecule has 1 aromatic carbocycles. The fraction of sp³-hybridized carbons (Fsp3) is 0.238. The van der Waals surface area contributed by atoms with Crippen molar-refractivity contribution in [3.8, 4) is 17.3 Å². The Morgan fingerprint density at radius 2 is 2.03 bits per heavy atom. The molecular weight excluding hydrogens is 376 g/mol. The van der Waals surface area contributed by atoms with Crippen molar-refractivity contribution in [2.45, 2.75) is 19.3 Å². The number of amides is 1. The van der Waals surface area contributed by atoms with Crippen LogP contribution < -0.4 is 4.90 Å². The van der Waals surface area contributed by atoms with E-state index in [2.05, 4.69) is 15.2 Å². The number of rotatable bonds is 4. The van der Waals surface area contributed by atoms with E-state index in [9.17, 15) is 13.6 Å². The second-order valence-electron chi connectivity index (χ2n) is 6.93. The first kappa shape index (κ1) is 18.7. The third kappa shape index (κ3) is 3.59. The third-order valence-corrected chi connectivity index (χ3v) is 5.10. The number of aromatic amines is 1. The number of nitrogens with one attached hydrogen (secondary N) is 1. The van der Waals surface area contributed by atoms with Crippen molar-refractivity contribution in [2.24, 2.45) is 5.92 Å². The molecule has 1 saturated heterocycles. The van der Waals surface area contributed by atoms with E-state index in [1.54, 1.807) is 36.7 Å². The van der Waals surface area contributed by atoms with E-state index in [-0.39, 0.29) is 23.0 Å². The molecule has 0 aliphatic carbocycles. The first-order chi connectivity index (χ1) is 14.1. The average molecular weight is 393 g/mol. The maximum absolute atomic E-state index is 15.0. The van der Waals surface area contributed by atoms with Crippen LogP contribution in [0.1, 0.15) is 24.0 Å². The number of pyridine rings is 1. The topological polar surface area (TPSA) is 85.7 Å².